The van der Waals surface area contributed by atoms with Gasteiger partial charge in [0.05, 0.1) is 12.1 Å². The lowest BCUT2D eigenvalue weighted by Gasteiger charge is -2.07. The third-order valence-corrected chi connectivity index (χ3v) is 2.59. The summed E-state index contributed by atoms with van der Waals surface area (Å²) in [5, 5.41) is 0.532. The van der Waals surface area contributed by atoms with Crippen molar-refractivity contribution in [2.45, 2.75) is 6.92 Å². The van der Waals surface area contributed by atoms with Gasteiger partial charge in [-0.25, -0.2) is 0 Å². The number of nitrogens with zero attached hydrogens (tertiary/aromatic N) is 1. The number of methoxy groups -OCH3 is 1. The maximum atomic E-state index is 6.04. The number of rotatable bonds is 2. The highest BCUT2D eigenvalue weighted by molar-refractivity contribution is 6.32. The third kappa shape index (κ3) is 1.84. The Bertz CT molecular complexity index is 523. The zero-order valence-electron chi connectivity index (χ0n) is 8.95. The van der Waals surface area contributed by atoms with E-state index in [1.165, 1.54) is 6.26 Å². The number of hydrogen-bond acceptors (Lipinski definition) is 4. The lowest BCUT2D eigenvalue weighted by molar-refractivity contribution is 0.415. The first kappa shape index (κ1) is 10.8. The Morgan fingerprint density at radius 3 is 2.75 bits per heavy atom. The van der Waals surface area contributed by atoms with Crippen molar-refractivity contribution in [3.8, 4) is 17.0 Å². The molecule has 1 aromatic carbocycles. The third-order valence-electron chi connectivity index (χ3n) is 2.30. The summed E-state index contributed by atoms with van der Waals surface area (Å²) in [6, 6.07) is 3.77. The molecule has 0 aliphatic rings. The van der Waals surface area contributed by atoms with E-state index in [0.717, 1.165) is 11.1 Å². The summed E-state index contributed by atoms with van der Waals surface area (Å²) in [4.78, 5) is 4.05. The van der Waals surface area contributed by atoms with Crippen LogP contribution in [0.1, 0.15) is 5.56 Å². The first-order chi connectivity index (χ1) is 7.61. The van der Waals surface area contributed by atoms with Crippen molar-refractivity contribution in [1.82, 2.24) is 4.98 Å². The van der Waals surface area contributed by atoms with Gasteiger partial charge in [0.2, 0.25) is 0 Å². The van der Waals surface area contributed by atoms with Crippen LogP contribution < -0.4 is 10.5 Å². The van der Waals surface area contributed by atoms with E-state index in [1.807, 2.05) is 13.0 Å². The smallest absolute Gasteiger partial charge is 0.292 e. The molecule has 0 bridgehead atoms. The van der Waals surface area contributed by atoms with Crippen LogP contribution >= 0.6 is 11.6 Å². The molecule has 0 spiro atoms. The van der Waals surface area contributed by atoms with Gasteiger partial charge >= 0.3 is 0 Å². The van der Waals surface area contributed by atoms with Gasteiger partial charge in [-0.15, -0.1) is 0 Å². The maximum Gasteiger partial charge on any atom is 0.292 e. The van der Waals surface area contributed by atoms with Crippen molar-refractivity contribution in [3.63, 3.8) is 0 Å². The van der Waals surface area contributed by atoms with E-state index in [0.29, 0.717) is 16.5 Å². The number of hydrogen-bond donors (Lipinski definition) is 1. The molecule has 0 fully saturated rings. The second-order valence-corrected chi connectivity index (χ2v) is 3.78. The Morgan fingerprint density at radius 1 is 1.44 bits per heavy atom. The Kier molecular flexibility index (Phi) is 2.75. The van der Waals surface area contributed by atoms with Gasteiger partial charge in [0.15, 0.2) is 0 Å². The quantitative estimate of drug-likeness (QED) is 0.874. The fourth-order valence-electron chi connectivity index (χ4n) is 1.50. The van der Waals surface area contributed by atoms with Crippen LogP contribution in [0.25, 0.3) is 11.3 Å². The van der Waals surface area contributed by atoms with Crippen LogP contribution in [0, 0.1) is 6.92 Å². The molecule has 0 amide bonds. The highest BCUT2D eigenvalue weighted by atomic mass is 35.5. The molecule has 5 heteroatoms. The topological polar surface area (TPSA) is 61.3 Å². The number of aromatic nitrogens is 1. The van der Waals surface area contributed by atoms with Crippen molar-refractivity contribution in [1.29, 1.82) is 0 Å². The second kappa shape index (κ2) is 4.06. The molecular formula is C11H11ClN2O2. The van der Waals surface area contributed by atoms with E-state index in [4.69, 9.17) is 26.5 Å². The predicted molar refractivity (Wildman–Crippen MR) is 62.7 cm³/mol. The zero-order valence-corrected chi connectivity index (χ0v) is 9.71. The average Bonchev–Trinajstić information content (AvgIpc) is 2.67. The second-order valence-electron chi connectivity index (χ2n) is 3.37. The number of ether oxygens (including phenoxy) is 1. The van der Waals surface area contributed by atoms with Crippen LogP contribution in [0.2, 0.25) is 5.02 Å². The normalized spacial score (nSPS) is 10.4. The minimum absolute atomic E-state index is 0.140. The highest BCUT2D eigenvalue weighted by Gasteiger charge is 2.11. The number of aryl methyl sites for hydroxylation is 1. The number of anilines is 1. The van der Waals surface area contributed by atoms with Crippen molar-refractivity contribution in [3.05, 3.63) is 29.0 Å². The molecule has 0 radical (unpaired) electrons. The van der Waals surface area contributed by atoms with Gasteiger partial charge in [-0.05, 0) is 24.6 Å². The fraction of sp³-hybridized carbons (Fsp3) is 0.182. The molecule has 0 atom stereocenters. The number of nitrogen functional groups attached to an aromatic ring is 1. The monoisotopic (exact) mass is 238 g/mol. The molecule has 1 heterocycles. The van der Waals surface area contributed by atoms with E-state index in [2.05, 4.69) is 4.98 Å². The van der Waals surface area contributed by atoms with Crippen molar-refractivity contribution in [2.24, 2.45) is 0 Å². The van der Waals surface area contributed by atoms with Crippen LogP contribution in [0.15, 0.2) is 22.8 Å². The zero-order chi connectivity index (χ0) is 11.7. The minimum Gasteiger partial charge on any atom is -0.495 e. The molecule has 0 saturated heterocycles. The molecule has 2 N–H and O–H groups in total. The molecule has 0 unspecified atom stereocenters. The predicted octanol–water partition coefficient (Wildman–Crippen LogP) is 2.89. The Hall–Kier alpha value is -1.68. The Morgan fingerprint density at radius 2 is 2.19 bits per heavy atom. The molecular weight excluding hydrogens is 228 g/mol. The van der Waals surface area contributed by atoms with Gasteiger partial charge in [0, 0.05) is 5.56 Å². The van der Waals surface area contributed by atoms with Crippen LogP contribution in [-0.4, -0.2) is 12.1 Å². The van der Waals surface area contributed by atoms with Gasteiger partial charge in [0.25, 0.3) is 6.01 Å². The van der Waals surface area contributed by atoms with Gasteiger partial charge < -0.3 is 14.9 Å². The van der Waals surface area contributed by atoms with Gasteiger partial charge in [-0.2, -0.15) is 4.98 Å². The molecule has 0 aliphatic heterocycles. The largest absolute Gasteiger partial charge is 0.495 e. The summed E-state index contributed by atoms with van der Waals surface area (Å²) in [5.74, 6) is 0.638. The number of nitrogens with two attached hydrogens (primary N) is 1. The van der Waals surface area contributed by atoms with Crippen LogP contribution in [0.4, 0.5) is 6.01 Å². The van der Waals surface area contributed by atoms with Gasteiger partial charge in [-0.1, -0.05) is 11.6 Å². The van der Waals surface area contributed by atoms with Crippen LogP contribution in [0.5, 0.6) is 5.75 Å². The lowest BCUT2D eigenvalue weighted by Crippen LogP contribution is -1.90. The Labute approximate surface area is 98.0 Å². The first-order valence-corrected chi connectivity index (χ1v) is 5.05. The summed E-state index contributed by atoms with van der Waals surface area (Å²) in [6.07, 6.45) is 1.50. The van der Waals surface area contributed by atoms with E-state index < -0.39 is 0 Å². The average molecular weight is 239 g/mol. The number of benzene rings is 1. The molecule has 2 rings (SSSR count). The summed E-state index contributed by atoms with van der Waals surface area (Å²) in [5.41, 5.74) is 7.97. The molecule has 4 nitrogen and oxygen atoms in total. The van der Waals surface area contributed by atoms with Gasteiger partial charge in [0.1, 0.15) is 17.7 Å². The summed E-state index contributed by atoms with van der Waals surface area (Å²) < 4.78 is 10.1. The van der Waals surface area contributed by atoms with Crippen molar-refractivity contribution in [2.75, 3.05) is 12.8 Å². The van der Waals surface area contributed by atoms with Gasteiger partial charge in [-0.3, -0.25) is 0 Å². The summed E-state index contributed by atoms with van der Waals surface area (Å²) in [6.45, 7) is 1.94. The van der Waals surface area contributed by atoms with Crippen molar-refractivity contribution >= 4 is 17.6 Å². The fourth-order valence-corrected chi connectivity index (χ4v) is 1.74. The molecule has 1 aromatic heterocycles. The minimum atomic E-state index is 0.140. The highest BCUT2D eigenvalue weighted by Crippen LogP contribution is 2.33. The van der Waals surface area contributed by atoms with Crippen LogP contribution in [0.3, 0.4) is 0 Å². The summed E-state index contributed by atoms with van der Waals surface area (Å²) in [7, 11) is 1.58. The maximum absolute atomic E-state index is 6.04. The molecule has 2 aromatic rings. The van der Waals surface area contributed by atoms with Crippen molar-refractivity contribution < 1.29 is 9.15 Å². The SMILES string of the molecule is COc1cc(C)c(-c2coc(N)n2)cc1Cl. The molecule has 0 saturated carbocycles. The molecule has 84 valence electrons. The lowest BCUT2D eigenvalue weighted by atomic mass is 10.1. The molecule has 16 heavy (non-hydrogen) atoms. The first-order valence-electron chi connectivity index (χ1n) is 4.67. The Balaban J connectivity index is 2.54. The number of halogens is 1. The van der Waals surface area contributed by atoms with E-state index in [9.17, 15) is 0 Å². The van der Waals surface area contributed by atoms with E-state index in [-0.39, 0.29) is 6.01 Å². The van der Waals surface area contributed by atoms with E-state index in [1.54, 1.807) is 13.2 Å². The molecule has 0 aliphatic carbocycles. The van der Waals surface area contributed by atoms with E-state index >= 15 is 0 Å². The van der Waals surface area contributed by atoms with Crippen LogP contribution in [-0.2, 0) is 0 Å². The standard InChI is InChI=1S/C11H11ClN2O2/c1-6-3-10(15-2)8(12)4-7(6)9-5-16-11(13)14-9/h3-5H,1-2H3,(H2,13,14). The number of oxazole rings is 1. The summed E-state index contributed by atoms with van der Waals surface area (Å²) >= 11 is 6.04.